The minimum Gasteiger partial charge on any atom is -0.490 e. The maximum atomic E-state index is 12.6. The molecule has 2 aliphatic rings. The summed E-state index contributed by atoms with van der Waals surface area (Å²) in [5.74, 6) is 0.397. The smallest absolute Gasteiger partial charge is 0.490 e. The molecule has 0 spiro atoms. The minimum atomic E-state index is -4.71. The Bertz CT molecular complexity index is 809. The third kappa shape index (κ3) is 5.64. The highest BCUT2D eigenvalue weighted by atomic mass is 19.4. The average Bonchev–Trinajstić information content (AvgIpc) is 3.52. The molecule has 1 saturated heterocycles. The van der Waals surface area contributed by atoms with E-state index in [-0.39, 0.29) is 23.9 Å². The van der Waals surface area contributed by atoms with Crippen molar-refractivity contribution in [2.75, 3.05) is 6.54 Å². The number of hydrogen-bond acceptors (Lipinski definition) is 4. The van der Waals surface area contributed by atoms with E-state index in [1.807, 2.05) is 18.2 Å². The predicted octanol–water partition coefficient (Wildman–Crippen LogP) is 4.71. The summed E-state index contributed by atoms with van der Waals surface area (Å²) < 4.78 is 47.9. The zero-order chi connectivity index (χ0) is 20.3. The molecule has 1 heterocycles. The summed E-state index contributed by atoms with van der Waals surface area (Å²) in [5.41, 5.74) is 1.88. The van der Waals surface area contributed by atoms with E-state index >= 15 is 0 Å². The topological polar surface area (TPSA) is 42.5 Å². The van der Waals surface area contributed by atoms with Gasteiger partial charge in [-0.1, -0.05) is 30.3 Å². The van der Waals surface area contributed by atoms with E-state index < -0.39 is 6.36 Å². The Balaban J connectivity index is 1.49. The Kier molecular flexibility index (Phi) is 5.96. The van der Waals surface area contributed by atoms with Crippen molar-refractivity contribution in [2.24, 2.45) is 0 Å². The SMILES string of the molecule is FC(F)(F)Oc1ccc(OC2CC2)c(CNC2CCCN[C@H]2c2ccccc2)c1. The van der Waals surface area contributed by atoms with Gasteiger partial charge in [0.25, 0.3) is 0 Å². The fraction of sp³-hybridized carbons (Fsp3) is 0.455. The molecule has 0 bridgehead atoms. The maximum Gasteiger partial charge on any atom is 0.573 e. The van der Waals surface area contributed by atoms with Crippen molar-refractivity contribution in [3.8, 4) is 11.5 Å². The lowest BCUT2D eigenvalue weighted by Gasteiger charge is -2.34. The first-order valence-electron chi connectivity index (χ1n) is 10.0. The first-order chi connectivity index (χ1) is 14.0. The monoisotopic (exact) mass is 406 g/mol. The van der Waals surface area contributed by atoms with E-state index in [0.29, 0.717) is 17.9 Å². The van der Waals surface area contributed by atoms with Crippen LogP contribution in [0.4, 0.5) is 13.2 Å². The van der Waals surface area contributed by atoms with Gasteiger partial charge in [-0.3, -0.25) is 0 Å². The van der Waals surface area contributed by atoms with Crippen molar-refractivity contribution >= 4 is 0 Å². The Morgan fingerprint density at radius 1 is 1.03 bits per heavy atom. The van der Waals surface area contributed by atoms with Crippen molar-refractivity contribution in [2.45, 2.75) is 56.8 Å². The quantitative estimate of drug-likeness (QED) is 0.699. The van der Waals surface area contributed by atoms with Crippen LogP contribution >= 0.6 is 0 Å². The third-order valence-corrected chi connectivity index (χ3v) is 5.26. The van der Waals surface area contributed by atoms with Gasteiger partial charge >= 0.3 is 6.36 Å². The highest BCUT2D eigenvalue weighted by Crippen LogP contribution is 2.33. The zero-order valence-electron chi connectivity index (χ0n) is 16.0. The van der Waals surface area contributed by atoms with Crippen LogP contribution in [-0.4, -0.2) is 25.1 Å². The molecule has 156 valence electrons. The van der Waals surface area contributed by atoms with Gasteiger partial charge in [0, 0.05) is 24.2 Å². The van der Waals surface area contributed by atoms with Gasteiger partial charge < -0.3 is 20.1 Å². The number of piperidine rings is 1. The molecule has 2 aromatic rings. The van der Waals surface area contributed by atoms with Crippen LogP contribution in [0, 0.1) is 0 Å². The van der Waals surface area contributed by atoms with Gasteiger partial charge in [-0.15, -0.1) is 13.2 Å². The van der Waals surface area contributed by atoms with Crippen LogP contribution in [-0.2, 0) is 6.54 Å². The zero-order valence-corrected chi connectivity index (χ0v) is 16.0. The lowest BCUT2D eigenvalue weighted by atomic mass is 9.92. The van der Waals surface area contributed by atoms with Gasteiger partial charge in [-0.2, -0.15) is 0 Å². The summed E-state index contributed by atoms with van der Waals surface area (Å²) in [6.45, 7) is 1.36. The fourth-order valence-corrected chi connectivity index (χ4v) is 3.73. The summed E-state index contributed by atoms with van der Waals surface area (Å²) in [6.07, 6.45) is -0.549. The second-order valence-electron chi connectivity index (χ2n) is 7.61. The van der Waals surface area contributed by atoms with Gasteiger partial charge in [0.05, 0.1) is 6.10 Å². The Morgan fingerprint density at radius 2 is 1.83 bits per heavy atom. The molecule has 1 unspecified atom stereocenters. The average molecular weight is 406 g/mol. The molecule has 1 saturated carbocycles. The molecule has 2 fully saturated rings. The van der Waals surface area contributed by atoms with Crippen molar-refractivity contribution in [3.63, 3.8) is 0 Å². The minimum absolute atomic E-state index is 0.160. The van der Waals surface area contributed by atoms with E-state index in [0.717, 1.165) is 32.2 Å². The van der Waals surface area contributed by atoms with Crippen LogP contribution in [0.1, 0.15) is 42.9 Å². The van der Waals surface area contributed by atoms with E-state index in [4.69, 9.17) is 4.74 Å². The number of nitrogens with one attached hydrogen (secondary N) is 2. The highest BCUT2D eigenvalue weighted by molar-refractivity contribution is 5.41. The van der Waals surface area contributed by atoms with Crippen LogP contribution in [0.3, 0.4) is 0 Å². The first-order valence-corrected chi connectivity index (χ1v) is 10.0. The lowest BCUT2D eigenvalue weighted by Crippen LogP contribution is -2.45. The summed E-state index contributed by atoms with van der Waals surface area (Å²) in [6, 6.07) is 14.8. The summed E-state index contributed by atoms with van der Waals surface area (Å²) in [5, 5.41) is 7.09. The van der Waals surface area contributed by atoms with Crippen molar-refractivity contribution in [3.05, 3.63) is 59.7 Å². The number of benzene rings is 2. The summed E-state index contributed by atoms with van der Waals surface area (Å²) >= 11 is 0. The number of hydrogen-bond donors (Lipinski definition) is 2. The predicted molar refractivity (Wildman–Crippen MR) is 104 cm³/mol. The highest BCUT2D eigenvalue weighted by Gasteiger charge is 2.32. The number of rotatable bonds is 7. The number of ether oxygens (including phenoxy) is 2. The van der Waals surface area contributed by atoms with Crippen LogP contribution in [0.2, 0.25) is 0 Å². The Morgan fingerprint density at radius 3 is 2.55 bits per heavy atom. The maximum absolute atomic E-state index is 12.6. The van der Waals surface area contributed by atoms with Gasteiger partial charge in [0.15, 0.2) is 0 Å². The summed E-state index contributed by atoms with van der Waals surface area (Å²) in [7, 11) is 0. The molecule has 7 heteroatoms. The molecule has 0 aromatic heterocycles. The molecule has 0 amide bonds. The van der Waals surface area contributed by atoms with E-state index in [1.165, 1.54) is 17.7 Å². The van der Waals surface area contributed by atoms with Crippen molar-refractivity contribution in [1.29, 1.82) is 0 Å². The van der Waals surface area contributed by atoms with Crippen LogP contribution in [0.25, 0.3) is 0 Å². The molecule has 1 aliphatic carbocycles. The fourth-order valence-electron chi connectivity index (χ4n) is 3.73. The molecule has 2 N–H and O–H groups in total. The molecular formula is C22H25F3N2O2. The Labute approximate surface area is 168 Å². The third-order valence-electron chi connectivity index (χ3n) is 5.26. The number of alkyl halides is 3. The van der Waals surface area contributed by atoms with E-state index in [1.54, 1.807) is 6.07 Å². The van der Waals surface area contributed by atoms with Gasteiger partial charge in [-0.25, -0.2) is 0 Å². The van der Waals surface area contributed by atoms with Crippen LogP contribution in [0.5, 0.6) is 11.5 Å². The molecule has 29 heavy (non-hydrogen) atoms. The van der Waals surface area contributed by atoms with Gasteiger partial charge in [0.2, 0.25) is 0 Å². The van der Waals surface area contributed by atoms with E-state index in [2.05, 4.69) is 27.5 Å². The lowest BCUT2D eigenvalue weighted by molar-refractivity contribution is -0.274. The van der Waals surface area contributed by atoms with Gasteiger partial charge in [0.1, 0.15) is 11.5 Å². The molecule has 2 aromatic carbocycles. The van der Waals surface area contributed by atoms with Gasteiger partial charge in [-0.05, 0) is 56.0 Å². The molecular weight excluding hydrogens is 381 g/mol. The van der Waals surface area contributed by atoms with Crippen molar-refractivity contribution in [1.82, 2.24) is 10.6 Å². The largest absolute Gasteiger partial charge is 0.573 e. The summed E-state index contributed by atoms with van der Waals surface area (Å²) in [4.78, 5) is 0. The molecule has 0 radical (unpaired) electrons. The van der Waals surface area contributed by atoms with Crippen LogP contribution in [0.15, 0.2) is 48.5 Å². The van der Waals surface area contributed by atoms with E-state index in [9.17, 15) is 13.2 Å². The second-order valence-corrected chi connectivity index (χ2v) is 7.61. The standard InChI is InChI=1S/C22H25F3N2O2/c23-22(24,25)29-18-10-11-20(28-17-8-9-17)16(13-18)14-27-19-7-4-12-26-21(19)15-5-2-1-3-6-15/h1-3,5-6,10-11,13,17,19,21,26-27H,4,7-9,12,14H2/t19?,21-/m0/s1. The molecule has 1 aliphatic heterocycles. The molecule has 4 nitrogen and oxygen atoms in total. The normalized spacial score (nSPS) is 22.3. The van der Waals surface area contributed by atoms with Crippen molar-refractivity contribution < 1.29 is 22.6 Å². The Hall–Kier alpha value is -2.25. The molecule has 2 atom stereocenters. The second kappa shape index (κ2) is 8.63. The van der Waals surface area contributed by atoms with Crippen LogP contribution < -0.4 is 20.1 Å². The molecule has 4 rings (SSSR count). The first kappa shape index (κ1) is 20.0. The number of halogens is 3.